The molecular formula is C18H15F5N2O4. The number of hydrogen-bond acceptors (Lipinski definition) is 6. The maximum atomic E-state index is 13.6. The number of alkyl halides is 5. The molecule has 2 heterocycles. The van der Waals surface area contributed by atoms with E-state index >= 15 is 0 Å². The van der Waals surface area contributed by atoms with Gasteiger partial charge in [-0.15, -0.1) is 0 Å². The summed E-state index contributed by atoms with van der Waals surface area (Å²) in [5.41, 5.74) is -6.27. The Morgan fingerprint density at radius 1 is 1.00 bits per heavy atom. The Hall–Kier alpha value is -3.11. The zero-order valence-corrected chi connectivity index (χ0v) is 15.2. The van der Waals surface area contributed by atoms with Gasteiger partial charge in [0.15, 0.2) is 5.69 Å². The summed E-state index contributed by atoms with van der Waals surface area (Å²) in [4.78, 5) is 31.5. The number of hydrogen-bond donors (Lipinski definition) is 0. The van der Waals surface area contributed by atoms with Gasteiger partial charge in [0.25, 0.3) is 6.43 Å². The first-order valence-corrected chi connectivity index (χ1v) is 8.31. The van der Waals surface area contributed by atoms with Crippen LogP contribution in [0.15, 0.2) is 24.5 Å². The fourth-order valence-corrected chi connectivity index (χ4v) is 2.59. The molecule has 29 heavy (non-hydrogen) atoms. The standard InChI is InChI=1S/C18H15F5N2O4/c1-3-28-16(26)11-10(9-5-7-24-8-6-9)12(17(27)29-4-2)14(18(21,22)23)25-13(11)15(19)20/h5-8,15H,3-4H2,1-2H3. The Morgan fingerprint density at radius 3 is 1.97 bits per heavy atom. The summed E-state index contributed by atoms with van der Waals surface area (Å²) in [6, 6.07) is 2.33. The molecule has 0 spiro atoms. The van der Waals surface area contributed by atoms with Crippen LogP contribution in [0.25, 0.3) is 11.1 Å². The van der Waals surface area contributed by atoms with E-state index in [4.69, 9.17) is 4.74 Å². The second-order valence-electron chi connectivity index (χ2n) is 5.45. The highest BCUT2D eigenvalue weighted by atomic mass is 19.4. The van der Waals surface area contributed by atoms with E-state index in [9.17, 15) is 31.5 Å². The first-order valence-electron chi connectivity index (χ1n) is 8.31. The highest BCUT2D eigenvalue weighted by Crippen LogP contribution is 2.41. The van der Waals surface area contributed by atoms with Crippen LogP contribution < -0.4 is 0 Å². The lowest BCUT2D eigenvalue weighted by Gasteiger charge is -2.20. The third kappa shape index (κ3) is 4.66. The van der Waals surface area contributed by atoms with Crippen molar-refractivity contribution in [3.63, 3.8) is 0 Å². The molecule has 2 aromatic rings. The highest BCUT2D eigenvalue weighted by Gasteiger charge is 2.43. The van der Waals surface area contributed by atoms with Crippen LogP contribution in [-0.2, 0) is 15.7 Å². The number of ether oxygens (including phenoxy) is 2. The van der Waals surface area contributed by atoms with Crippen molar-refractivity contribution in [2.75, 3.05) is 13.2 Å². The Morgan fingerprint density at radius 2 is 1.52 bits per heavy atom. The molecule has 0 saturated heterocycles. The van der Waals surface area contributed by atoms with E-state index in [1.54, 1.807) is 0 Å². The van der Waals surface area contributed by atoms with Crippen molar-refractivity contribution in [1.29, 1.82) is 0 Å². The van der Waals surface area contributed by atoms with Crippen LogP contribution in [0.2, 0.25) is 0 Å². The lowest BCUT2D eigenvalue weighted by atomic mass is 9.92. The lowest BCUT2D eigenvalue weighted by molar-refractivity contribution is -0.142. The van der Waals surface area contributed by atoms with Gasteiger partial charge in [-0.25, -0.2) is 23.4 Å². The minimum absolute atomic E-state index is 0.138. The molecule has 0 radical (unpaired) electrons. The predicted octanol–water partition coefficient (Wildman–Crippen LogP) is 4.45. The van der Waals surface area contributed by atoms with Crippen LogP contribution in [0.4, 0.5) is 22.0 Å². The number of esters is 2. The second kappa shape index (κ2) is 8.93. The molecular weight excluding hydrogens is 403 g/mol. The molecule has 2 aromatic heterocycles. The van der Waals surface area contributed by atoms with E-state index < -0.39 is 52.6 Å². The van der Waals surface area contributed by atoms with Gasteiger partial charge in [-0.05, 0) is 31.5 Å². The van der Waals surface area contributed by atoms with Crippen LogP contribution in [0.1, 0.15) is 52.4 Å². The smallest absolute Gasteiger partial charge is 0.434 e. The average Bonchev–Trinajstić information content (AvgIpc) is 2.66. The molecule has 0 aliphatic carbocycles. The summed E-state index contributed by atoms with van der Waals surface area (Å²) in [5, 5.41) is 0. The van der Waals surface area contributed by atoms with E-state index in [0.29, 0.717) is 0 Å². The van der Waals surface area contributed by atoms with E-state index in [1.807, 2.05) is 0 Å². The number of rotatable bonds is 6. The molecule has 156 valence electrons. The van der Waals surface area contributed by atoms with Crippen molar-refractivity contribution in [2.45, 2.75) is 26.4 Å². The van der Waals surface area contributed by atoms with Gasteiger partial charge in [-0.1, -0.05) is 0 Å². The molecule has 0 atom stereocenters. The van der Waals surface area contributed by atoms with Crippen molar-refractivity contribution in [3.8, 4) is 11.1 Å². The third-order valence-electron chi connectivity index (χ3n) is 3.63. The van der Waals surface area contributed by atoms with Gasteiger partial charge in [-0.3, -0.25) is 4.98 Å². The Balaban J connectivity index is 3.08. The van der Waals surface area contributed by atoms with Crippen molar-refractivity contribution < 1.29 is 41.0 Å². The summed E-state index contributed by atoms with van der Waals surface area (Å²) in [6.07, 6.45) is -6.50. The molecule has 0 saturated carbocycles. The fourth-order valence-electron chi connectivity index (χ4n) is 2.59. The van der Waals surface area contributed by atoms with Crippen molar-refractivity contribution in [2.24, 2.45) is 0 Å². The van der Waals surface area contributed by atoms with Crippen molar-refractivity contribution >= 4 is 11.9 Å². The molecule has 0 aromatic carbocycles. The van der Waals surface area contributed by atoms with Gasteiger partial charge in [0, 0.05) is 18.0 Å². The third-order valence-corrected chi connectivity index (χ3v) is 3.63. The summed E-state index contributed by atoms with van der Waals surface area (Å²) in [7, 11) is 0. The molecule has 0 aliphatic heterocycles. The number of pyridine rings is 2. The number of aromatic nitrogens is 2. The van der Waals surface area contributed by atoms with Crippen LogP contribution in [-0.4, -0.2) is 35.1 Å². The molecule has 0 unspecified atom stereocenters. The number of carbonyl (C=O) groups is 2. The molecule has 0 bridgehead atoms. The zero-order chi connectivity index (χ0) is 21.8. The monoisotopic (exact) mass is 418 g/mol. The van der Waals surface area contributed by atoms with E-state index in [0.717, 1.165) is 24.5 Å². The zero-order valence-electron chi connectivity index (χ0n) is 15.2. The van der Waals surface area contributed by atoms with Crippen LogP contribution in [0, 0.1) is 0 Å². The van der Waals surface area contributed by atoms with Crippen LogP contribution in [0.5, 0.6) is 0 Å². The van der Waals surface area contributed by atoms with Gasteiger partial charge < -0.3 is 9.47 Å². The second-order valence-corrected chi connectivity index (χ2v) is 5.45. The summed E-state index contributed by atoms with van der Waals surface area (Å²) >= 11 is 0. The Labute approximate surface area is 161 Å². The first-order chi connectivity index (χ1) is 13.6. The Bertz CT molecular complexity index is 901. The quantitative estimate of drug-likeness (QED) is 0.509. The summed E-state index contributed by atoms with van der Waals surface area (Å²) < 4.78 is 77.5. The number of nitrogens with zero attached hydrogens (tertiary/aromatic N) is 2. The largest absolute Gasteiger partial charge is 0.462 e. The normalized spacial score (nSPS) is 11.4. The first kappa shape index (κ1) is 22.2. The topological polar surface area (TPSA) is 78.4 Å². The van der Waals surface area contributed by atoms with Gasteiger partial charge in [0.2, 0.25) is 0 Å². The van der Waals surface area contributed by atoms with Crippen molar-refractivity contribution in [3.05, 3.63) is 47.0 Å². The van der Waals surface area contributed by atoms with Gasteiger partial charge in [-0.2, -0.15) is 13.2 Å². The van der Waals surface area contributed by atoms with Gasteiger partial charge >= 0.3 is 18.1 Å². The Kier molecular flexibility index (Phi) is 6.83. The van der Waals surface area contributed by atoms with E-state index in [-0.39, 0.29) is 18.8 Å². The molecule has 6 nitrogen and oxygen atoms in total. The minimum Gasteiger partial charge on any atom is -0.462 e. The highest BCUT2D eigenvalue weighted by molar-refractivity contribution is 6.07. The predicted molar refractivity (Wildman–Crippen MR) is 89.3 cm³/mol. The number of carbonyl (C=O) groups excluding carboxylic acids is 2. The van der Waals surface area contributed by atoms with Crippen LogP contribution in [0.3, 0.4) is 0 Å². The molecule has 0 amide bonds. The molecule has 2 rings (SSSR count). The summed E-state index contributed by atoms with van der Waals surface area (Å²) in [5.74, 6) is -2.81. The van der Waals surface area contributed by atoms with Crippen molar-refractivity contribution in [1.82, 2.24) is 9.97 Å². The van der Waals surface area contributed by atoms with E-state index in [2.05, 4.69) is 14.7 Å². The minimum atomic E-state index is -5.28. The van der Waals surface area contributed by atoms with Gasteiger partial charge in [0.05, 0.1) is 24.3 Å². The molecule has 0 fully saturated rings. The fraction of sp³-hybridized carbons (Fsp3) is 0.333. The van der Waals surface area contributed by atoms with Crippen LogP contribution >= 0.6 is 0 Å². The molecule has 0 N–H and O–H groups in total. The maximum Gasteiger partial charge on any atom is 0.434 e. The van der Waals surface area contributed by atoms with E-state index in [1.165, 1.54) is 13.8 Å². The SMILES string of the molecule is CCOC(=O)c1c(C(F)F)nc(C(F)(F)F)c(C(=O)OCC)c1-c1ccncc1. The molecule has 11 heteroatoms. The maximum absolute atomic E-state index is 13.6. The number of halogens is 5. The molecule has 0 aliphatic rings. The lowest BCUT2D eigenvalue weighted by Crippen LogP contribution is -2.24. The average molecular weight is 418 g/mol. The van der Waals surface area contributed by atoms with Gasteiger partial charge in [0.1, 0.15) is 5.69 Å². The summed E-state index contributed by atoms with van der Waals surface area (Å²) in [6.45, 7) is 2.20.